The number of rotatable bonds is 4. The largest absolute Gasteiger partial charge is 0.454 e. The van der Waals surface area contributed by atoms with Gasteiger partial charge in [0.2, 0.25) is 0 Å². The number of carbonyl (C=O) groups is 1. The zero-order valence-electron chi connectivity index (χ0n) is 17.5. The van der Waals surface area contributed by atoms with Crippen molar-refractivity contribution in [2.24, 2.45) is 11.3 Å². The fraction of sp³-hybridized carbons (Fsp3) is 0.857. The average molecular weight is 427 g/mol. The van der Waals surface area contributed by atoms with Crippen molar-refractivity contribution < 1.29 is 39.8 Å². The van der Waals surface area contributed by atoms with E-state index in [-0.39, 0.29) is 12.0 Å². The van der Waals surface area contributed by atoms with Gasteiger partial charge in [0.05, 0.1) is 12.6 Å². The Morgan fingerprint density at radius 1 is 1.17 bits per heavy atom. The molecule has 6 N–H and O–H groups in total. The van der Waals surface area contributed by atoms with Crippen molar-refractivity contribution >= 4 is 5.97 Å². The second-order valence-corrected chi connectivity index (χ2v) is 9.63. The van der Waals surface area contributed by atoms with Crippen molar-refractivity contribution in [3.63, 3.8) is 0 Å². The van der Waals surface area contributed by atoms with Gasteiger partial charge in [-0.25, -0.2) is 0 Å². The summed E-state index contributed by atoms with van der Waals surface area (Å²) >= 11 is 0. The average Bonchev–Trinajstić information content (AvgIpc) is 2.94. The first-order chi connectivity index (χ1) is 14.1. The molecule has 9 nitrogen and oxygen atoms in total. The quantitative estimate of drug-likeness (QED) is 0.244. The number of hydrogen-bond acceptors (Lipinski definition) is 9. The molecule has 170 valence electrons. The normalized spacial score (nSPS) is 48.9. The lowest BCUT2D eigenvalue weighted by Crippen LogP contribution is -2.64. The van der Waals surface area contributed by atoms with Gasteiger partial charge in [-0.05, 0) is 50.0 Å². The summed E-state index contributed by atoms with van der Waals surface area (Å²) in [5.74, 6) is -1.39. The van der Waals surface area contributed by atoms with Crippen molar-refractivity contribution in [3.05, 3.63) is 11.1 Å². The SMILES string of the molecule is CC1=C2[C@@H]3OC(=O)C(CNC4C(O)C(O)C(CO)O[C@H]4O)C3(O)CC[C@@]2(C)CCC1. The number of nitrogens with one attached hydrogen (secondary N) is 1. The van der Waals surface area contributed by atoms with E-state index in [4.69, 9.17) is 9.47 Å². The molecule has 0 amide bonds. The molecule has 2 saturated heterocycles. The highest BCUT2D eigenvalue weighted by Crippen LogP contribution is 2.57. The Morgan fingerprint density at radius 3 is 2.60 bits per heavy atom. The van der Waals surface area contributed by atoms with Crippen LogP contribution < -0.4 is 5.32 Å². The maximum atomic E-state index is 12.7. The first-order valence-electron chi connectivity index (χ1n) is 10.8. The minimum Gasteiger partial charge on any atom is -0.454 e. The van der Waals surface area contributed by atoms with Crippen LogP contribution in [0, 0.1) is 11.3 Å². The van der Waals surface area contributed by atoms with Gasteiger partial charge < -0.3 is 40.3 Å². The lowest BCUT2D eigenvalue weighted by molar-refractivity contribution is -0.254. The van der Waals surface area contributed by atoms with Crippen molar-refractivity contribution in [2.75, 3.05) is 13.2 Å². The molecule has 2 aliphatic carbocycles. The molecule has 0 aromatic rings. The molecule has 0 spiro atoms. The summed E-state index contributed by atoms with van der Waals surface area (Å²) in [5, 5.41) is 54.2. The van der Waals surface area contributed by atoms with Gasteiger partial charge in [0.1, 0.15) is 29.8 Å². The van der Waals surface area contributed by atoms with Gasteiger partial charge in [0, 0.05) is 6.54 Å². The summed E-state index contributed by atoms with van der Waals surface area (Å²) in [5.41, 5.74) is 0.781. The zero-order chi connectivity index (χ0) is 21.8. The summed E-state index contributed by atoms with van der Waals surface area (Å²) in [6.45, 7) is 3.62. The van der Waals surface area contributed by atoms with Crippen LogP contribution in [0.25, 0.3) is 0 Å². The van der Waals surface area contributed by atoms with E-state index in [0.29, 0.717) is 6.42 Å². The van der Waals surface area contributed by atoms with E-state index in [0.717, 1.165) is 31.3 Å². The first-order valence-corrected chi connectivity index (χ1v) is 10.8. The molecule has 2 aliphatic heterocycles. The van der Waals surface area contributed by atoms with E-state index in [1.807, 2.05) is 6.92 Å². The summed E-state index contributed by atoms with van der Waals surface area (Å²) < 4.78 is 10.9. The molecule has 0 radical (unpaired) electrons. The van der Waals surface area contributed by atoms with E-state index in [1.165, 1.54) is 5.57 Å². The molecule has 1 saturated carbocycles. The highest BCUT2D eigenvalue weighted by atomic mass is 16.6. The van der Waals surface area contributed by atoms with Gasteiger partial charge in [-0.2, -0.15) is 0 Å². The number of ether oxygens (including phenoxy) is 2. The molecule has 4 aliphatic rings. The molecule has 9 heteroatoms. The summed E-state index contributed by atoms with van der Waals surface area (Å²) in [7, 11) is 0. The number of aliphatic hydroxyl groups is 5. The predicted molar refractivity (Wildman–Crippen MR) is 104 cm³/mol. The third kappa shape index (κ3) is 3.31. The van der Waals surface area contributed by atoms with E-state index in [1.54, 1.807) is 0 Å². The Labute approximate surface area is 175 Å². The van der Waals surface area contributed by atoms with Crippen LogP contribution in [-0.2, 0) is 14.3 Å². The lowest BCUT2D eigenvalue weighted by atomic mass is 9.58. The van der Waals surface area contributed by atoms with Crippen LogP contribution in [0.4, 0.5) is 0 Å². The molecule has 9 atom stereocenters. The number of esters is 1. The molecular formula is C21H33NO8. The minimum absolute atomic E-state index is 0.0481. The topological polar surface area (TPSA) is 149 Å². The Bertz CT molecular complexity index is 728. The van der Waals surface area contributed by atoms with Crippen molar-refractivity contribution in [1.82, 2.24) is 5.32 Å². The smallest absolute Gasteiger partial charge is 0.314 e. The van der Waals surface area contributed by atoms with Gasteiger partial charge in [0.25, 0.3) is 0 Å². The summed E-state index contributed by atoms with van der Waals surface area (Å²) in [6, 6.07) is -1.08. The first kappa shape index (κ1) is 22.1. The van der Waals surface area contributed by atoms with E-state index >= 15 is 0 Å². The van der Waals surface area contributed by atoms with Crippen LogP contribution in [0.2, 0.25) is 0 Å². The van der Waals surface area contributed by atoms with Gasteiger partial charge in [-0.3, -0.25) is 4.79 Å². The molecule has 0 aromatic carbocycles. The Kier molecular flexibility index (Phi) is 5.76. The molecule has 3 fully saturated rings. The van der Waals surface area contributed by atoms with E-state index in [2.05, 4.69) is 12.2 Å². The molecular weight excluding hydrogens is 394 g/mol. The Hall–Kier alpha value is -1.07. The van der Waals surface area contributed by atoms with Crippen LogP contribution >= 0.6 is 0 Å². The van der Waals surface area contributed by atoms with Crippen LogP contribution in [0.3, 0.4) is 0 Å². The Balaban J connectivity index is 1.52. The number of allylic oxidation sites excluding steroid dienone is 1. The summed E-state index contributed by atoms with van der Waals surface area (Å²) in [4.78, 5) is 12.7. The van der Waals surface area contributed by atoms with Crippen molar-refractivity contribution in [3.8, 4) is 0 Å². The monoisotopic (exact) mass is 427 g/mol. The number of fused-ring (bicyclic) bond motifs is 3. The lowest BCUT2D eigenvalue weighted by Gasteiger charge is -2.49. The minimum atomic E-state index is -1.48. The molecule has 0 aromatic heterocycles. The van der Waals surface area contributed by atoms with Gasteiger partial charge >= 0.3 is 5.97 Å². The number of hydrogen-bond donors (Lipinski definition) is 6. The van der Waals surface area contributed by atoms with Crippen LogP contribution in [-0.4, -0.2) is 87.0 Å². The van der Waals surface area contributed by atoms with Gasteiger partial charge in [0.15, 0.2) is 12.4 Å². The molecule has 4 rings (SSSR count). The highest BCUT2D eigenvalue weighted by Gasteiger charge is 2.63. The van der Waals surface area contributed by atoms with E-state index < -0.39 is 60.8 Å². The number of aliphatic hydroxyl groups excluding tert-OH is 4. The summed E-state index contributed by atoms with van der Waals surface area (Å²) in [6.07, 6.45) is -1.87. The van der Waals surface area contributed by atoms with E-state index in [9.17, 15) is 30.3 Å². The Morgan fingerprint density at radius 2 is 1.90 bits per heavy atom. The van der Waals surface area contributed by atoms with Crippen LogP contribution in [0.15, 0.2) is 11.1 Å². The van der Waals surface area contributed by atoms with Crippen molar-refractivity contribution in [2.45, 2.75) is 88.3 Å². The predicted octanol–water partition coefficient (Wildman–Crippen LogP) is -1.05. The molecule has 0 bridgehead atoms. The number of carbonyl (C=O) groups excluding carboxylic acids is 1. The van der Waals surface area contributed by atoms with Gasteiger partial charge in [-0.15, -0.1) is 0 Å². The second kappa shape index (κ2) is 7.81. The standard InChI is InChI=1S/C21H33NO8/c1-10-4-3-5-20(2)6-7-21(28)11(18(26)30-17(21)13(10)20)8-22-14-16(25)15(24)12(9-23)29-19(14)27/h11-12,14-17,19,22-25,27-28H,3-9H2,1-2H3/t11?,12?,14?,15?,16?,17-,19+,20+,21?/m0/s1. The third-order valence-electron chi connectivity index (χ3n) is 7.76. The molecule has 2 heterocycles. The fourth-order valence-corrected chi connectivity index (χ4v) is 5.94. The highest BCUT2D eigenvalue weighted by molar-refractivity contribution is 5.78. The van der Waals surface area contributed by atoms with Crippen LogP contribution in [0.5, 0.6) is 0 Å². The maximum absolute atomic E-state index is 12.7. The fourth-order valence-electron chi connectivity index (χ4n) is 5.94. The van der Waals surface area contributed by atoms with Crippen molar-refractivity contribution in [1.29, 1.82) is 0 Å². The van der Waals surface area contributed by atoms with Gasteiger partial charge in [-0.1, -0.05) is 12.5 Å². The second-order valence-electron chi connectivity index (χ2n) is 9.63. The third-order valence-corrected chi connectivity index (χ3v) is 7.76. The molecule has 6 unspecified atom stereocenters. The zero-order valence-corrected chi connectivity index (χ0v) is 17.5. The van der Waals surface area contributed by atoms with Crippen LogP contribution in [0.1, 0.15) is 46.0 Å². The molecule has 30 heavy (non-hydrogen) atoms. The maximum Gasteiger partial charge on any atom is 0.314 e.